The van der Waals surface area contributed by atoms with Crippen LogP contribution in [0.1, 0.15) is 26.7 Å². The van der Waals surface area contributed by atoms with Gasteiger partial charge >= 0.3 is 0 Å². The average molecular weight is 398 g/mol. The van der Waals surface area contributed by atoms with Crippen LogP contribution in [-0.2, 0) is 11.3 Å². The lowest BCUT2D eigenvalue weighted by Gasteiger charge is -2.12. The molecule has 0 radical (unpaired) electrons. The van der Waals surface area contributed by atoms with Crippen LogP contribution in [0.25, 0.3) is 0 Å². The fraction of sp³-hybridized carbons (Fsp3) is 0.143. The van der Waals surface area contributed by atoms with Crippen molar-refractivity contribution in [1.82, 2.24) is 0 Å². The smallest absolute Gasteiger partial charge is 0.291 e. The van der Waals surface area contributed by atoms with Crippen LogP contribution in [0.5, 0.6) is 5.75 Å². The van der Waals surface area contributed by atoms with Crippen molar-refractivity contribution >= 4 is 23.2 Å². The Morgan fingerprint density at radius 1 is 1.00 bits per heavy atom. The van der Waals surface area contributed by atoms with Gasteiger partial charge in [-0.1, -0.05) is 6.07 Å². The quantitative estimate of drug-likeness (QED) is 0.626. The summed E-state index contributed by atoms with van der Waals surface area (Å²) in [4.78, 5) is 24.8. The minimum atomic E-state index is -0.517. The van der Waals surface area contributed by atoms with Gasteiger partial charge in [0, 0.05) is 18.4 Å². The minimum absolute atomic E-state index is 0.123. The topological polar surface area (TPSA) is 89.8 Å². The molecule has 2 N–H and O–H groups in total. The Morgan fingerprint density at radius 3 is 2.55 bits per heavy atom. The van der Waals surface area contributed by atoms with Crippen molar-refractivity contribution in [3.05, 3.63) is 77.5 Å². The summed E-state index contributed by atoms with van der Waals surface area (Å²) >= 11 is 0. The molecule has 1 heterocycles. The molecule has 1 aromatic heterocycles. The van der Waals surface area contributed by atoms with Crippen molar-refractivity contribution in [1.29, 1.82) is 0 Å². The van der Waals surface area contributed by atoms with Crippen LogP contribution in [0, 0.1) is 5.82 Å². The number of hydrogen-bond donors (Lipinski definition) is 2. The Bertz CT molecular complexity index is 1030. The second kappa shape index (κ2) is 9.03. The molecule has 0 aliphatic rings. The summed E-state index contributed by atoms with van der Waals surface area (Å²) in [6, 6.07) is 13.2. The highest BCUT2D eigenvalue weighted by Crippen LogP contribution is 2.29. The summed E-state index contributed by atoms with van der Waals surface area (Å²) in [7, 11) is 2.98. The van der Waals surface area contributed by atoms with Gasteiger partial charge in [-0.2, -0.15) is 0 Å². The predicted octanol–water partition coefficient (Wildman–Crippen LogP) is 4.08. The molecule has 0 aliphatic carbocycles. The molecule has 8 heteroatoms. The molecular formula is C21H19FN2O5. The highest BCUT2D eigenvalue weighted by molar-refractivity contribution is 6.06. The number of methoxy groups -OCH3 is 2. The monoisotopic (exact) mass is 398 g/mol. The fourth-order valence-corrected chi connectivity index (χ4v) is 2.62. The van der Waals surface area contributed by atoms with Crippen molar-refractivity contribution in [2.75, 3.05) is 24.9 Å². The Balaban J connectivity index is 1.77. The maximum absolute atomic E-state index is 13.4. The Morgan fingerprint density at radius 2 is 1.83 bits per heavy atom. The molecule has 150 valence electrons. The van der Waals surface area contributed by atoms with Gasteiger partial charge < -0.3 is 24.5 Å². The lowest BCUT2D eigenvalue weighted by atomic mass is 10.2. The SMILES string of the molecule is COCc1ccc(C(=O)Nc2ccc(OC)c(NC(=O)c3cccc(F)c3)c2)o1. The van der Waals surface area contributed by atoms with Crippen LogP contribution in [0.2, 0.25) is 0 Å². The number of anilines is 2. The van der Waals surface area contributed by atoms with Crippen LogP contribution in [0.3, 0.4) is 0 Å². The van der Waals surface area contributed by atoms with E-state index >= 15 is 0 Å². The average Bonchev–Trinajstić information content (AvgIpc) is 3.17. The van der Waals surface area contributed by atoms with E-state index < -0.39 is 17.6 Å². The second-order valence-corrected chi connectivity index (χ2v) is 6.03. The largest absolute Gasteiger partial charge is 0.495 e. The summed E-state index contributed by atoms with van der Waals surface area (Å²) in [5.74, 6) is -0.458. The summed E-state index contributed by atoms with van der Waals surface area (Å²) in [6.07, 6.45) is 0. The third kappa shape index (κ3) is 4.99. The van der Waals surface area contributed by atoms with Crippen molar-refractivity contribution < 1.29 is 27.9 Å². The number of rotatable bonds is 7. The van der Waals surface area contributed by atoms with E-state index in [2.05, 4.69) is 10.6 Å². The molecule has 29 heavy (non-hydrogen) atoms. The molecule has 0 spiro atoms. The van der Waals surface area contributed by atoms with E-state index in [9.17, 15) is 14.0 Å². The lowest BCUT2D eigenvalue weighted by molar-refractivity contribution is 0.0986. The zero-order chi connectivity index (χ0) is 20.8. The first kappa shape index (κ1) is 20.1. The number of nitrogens with one attached hydrogen (secondary N) is 2. The molecule has 0 atom stereocenters. The zero-order valence-electron chi connectivity index (χ0n) is 15.8. The number of carbonyl (C=O) groups excluding carboxylic acids is 2. The van der Waals surface area contributed by atoms with Crippen molar-refractivity contribution in [2.45, 2.75) is 6.61 Å². The Labute approximate surface area is 166 Å². The number of carbonyl (C=O) groups is 2. The molecule has 0 saturated heterocycles. The molecule has 0 fully saturated rings. The first-order chi connectivity index (χ1) is 14.0. The highest BCUT2D eigenvalue weighted by atomic mass is 19.1. The molecule has 3 rings (SSSR count). The summed E-state index contributed by atoms with van der Waals surface area (Å²) in [5, 5.41) is 5.34. The number of amides is 2. The van der Waals surface area contributed by atoms with Gasteiger partial charge in [-0.05, 0) is 48.5 Å². The van der Waals surface area contributed by atoms with Crippen LogP contribution in [0.4, 0.5) is 15.8 Å². The van der Waals surface area contributed by atoms with E-state index in [1.807, 2.05) is 0 Å². The van der Waals surface area contributed by atoms with Gasteiger partial charge in [-0.3, -0.25) is 9.59 Å². The first-order valence-corrected chi connectivity index (χ1v) is 8.64. The zero-order valence-corrected chi connectivity index (χ0v) is 15.8. The third-order valence-corrected chi connectivity index (χ3v) is 3.96. The normalized spacial score (nSPS) is 10.4. The third-order valence-electron chi connectivity index (χ3n) is 3.96. The Kier molecular flexibility index (Phi) is 6.25. The number of furan rings is 1. The minimum Gasteiger partial charge on any atom is -0.495 e. The van der Waals surface area contributed by atoms with Crippen molar-refractivity contribution in [3.8, 4) is 5.75 Å². The molecule has 0 saturated carbocycles. The van der Waals surface area contributed by atoms with Crippen LogP contribution in [0.15, 0.2) is 59.0 Å². The molecular weight excluding hydrogens is 379 g/mol. The maximum atomic E-state index is 13.4. The maximum Gasteiger partial charge on any atom is 0.291 e. The summed E-state index contributed by atoms with van der Waals surface area (Å²) < 4.78 is 29.0. The van der Waals surface area contributed by atoms with Gasteiger partial charge in [0.25, 0.3) is 11.8 Å². The molecule has 3 aromatic rings. The molecule has 2 aromatic carbocycles. The van der Waals surface area contributed by atoms with E-state index in [0.29, 0.717) is 22.9 Å². The predicted molar refractivity (Wildman–Crippen MR) is 105 cm³/mol. The fourth-order valence-electron chi connectivity index (χ4n) is 2.62. The van der Waals surface area contributed by atoms with Crippen molar-refractivity contribution in [2.24, 2.45) is 0 Å². The van der Waals surface area contributed by atoms with E-state index in [-0.39, 0.29) is 17.9 Å². The Hall–Kier alpha value is -3.65. The number of halogens is 1. The van der Waals surface area contributed by atoms with E-state index in [1.54, 1.807) is 24.3 Å². The van der Waals surface area contributed by atoms with Crippen LogP contribution < -0.4 is 15.4 Å². The van der Waals surface area contributed by atoms with Gasteiger partial charge in [0.1, 0.15) is 23.9 Å². The molecule has 7 nitrogen and oxygen atoms in total. The second-order valence-electron chi connectivity index (χ2n) is 6.03. The summed E-state index contributed by atoms with van der Waals surface area (Å²) in [5.41, 5.74) is 0.886. The number of hydrogen-bond acceptors (Lipinski definition) is 5. The van der Waals surface area contributed by atoms with Gasteiger partial charge in [0.05, 0.1) is 12.8 Å². The van der Waals surface area contributed by atoms with Crippen molar-refractivity contribution in [3.63, 3.8) is 0 Å². The van der Waals surface area contributed by atoms with Gasteiger partial charge in [-0.15, -0.1) is 0 Å². The molecule has 0 bridgehead atoms. The molecule has 2 amide bonds. The first-order valence-electron chi connectivity index (χ1n) is 8.64. The number of benzene rings is 2. The van der Waals surface area contributed by atoms with Gasteiger partial charge in [0.15, 0.2) is 5.76 Å². The van der Waals surface area contributed by atoms with Gasteiger partial charge in [-0.25, -0.2) is 4.39 Å². The molecule has 0 unspecified atom stereocenters. The molecule has 0 aliphatic heterocycles. The van der Waals surface area contributed by atoms with E-state index in [4.69, 9.17) is 13.9 Å². The van der Waals surface area contributed by atoms with E-state index in [0.717, 1.165) is 6.07 Å². The van der Waals surface area contributed by atoms with E-state index in [1.165, 1.54) is 38.5 Å². The van der Waals surface area contributed by atoms with Gasteiger partial charge in [0.2, 0.25) is 0 Å². The van der Waals surface area contributed by atoms with Crippen LogP contribution >= 0.6 is 0 Å². The number of ether oxygens (including phenoxy) is 2. The van der Waals surface area contributed by atoms with Crippen LogP contribution in [-0.4, -0.2) is 26.0 Å². The highest BCUT2D eigenvalue weighted by Gasteiger charge is 2.15. The standard InChI is InChI=1S/C21H19FN2O5/c1-27-12-16-7-9-19(29-16)21(26)23-15-6-8-18(28-2)17(11-15)24-20(25)13-4-3-5-14(22)10-13/h3-11H,12H2,1-2H3,(H,23,26)(H,24,25). The summed E-state index contributed by atoms with van der Waals surface area (Å²) in [6.45, 7) is 0.256. The lowest BCUT2D eigenvalue weighted by Crippen LogP contribution is -2.14.